The summed E-state index contributed by atoms with van der Waals surface area (Å²) in [6.45, 7) is 1.55. The molecule has 0 bridgehead atoms. The van der Waals surface area contributed by atoms with Crippen LogP contribution in [0.3, 0.4) is 0 Å². The summed E-state index contributed by atoms with van der Waals surface area (Å²) in [5.41, 5.74) is 6.74. The normalized spacial score (nSPS) is 13.5. The average Bonchev–Trinajstić information content (AvgIpc) is 3.28. The molecule has 0 aliphatic carbocycles. The van der Waals surface area contributed by atoms with Crippen molar-refractivity contribution in [3.05, 3.63) is 132 Å². The van der Waals surface area contributed by atoms with Gasteiger partial charge in [-0.05, 0) is 60.5 Å². The minimum Gasteiger partial charge on any atom is -0.497 e. The number of ether oxygens (including phenoxy) is 1. The van der Waals surface area contributed by atoms with E-state index >= 15 is 0 Å². The molecule has 4 aromatic rings. The number of nitrogens with zero attached hydrogens (tertiary/aromatic N) is 2. The third-order valence-corrected chi connectivity index (χ3v) is 6.18. The van der Waals surface area contributed by atoms with Gasteiger partial charge in [0.15, 0.2) is 0 Å². The molecular formula is C30H27FN2O. The first-order valence-corrected chi connectivity index (χ1v) is 11.5. The SMILES string of the molecule is COc1ccc(N2[13CH2]N(CCc3ccccc3)C(c3ccc(F)cc3)=C2c2ccccc2)cc1. The van der Waals surface area contributed by atoms with Gasteiger partial charge in [-0.2, -0.15) is 0 Å². The number of hydrogen-bond acceptors (Lipinski definition) is 3. The molecule has 1 heterocycles. The lowest BCUT2D eigenvalue weighted by atomic mass is 10.0. The number of benzene rings is 4. The molecule has 0 amide bonds. The second-order valence-electron chi connectivity index (χ2n) is 8.34. The van der Waals surface area contributed by atoms with E-state index in [1.807, 2.05) is 36.4 Å². The summed E-state index contributed by atoms with van der Waals surface area (Å²) in [6.07, 6.45) is 0.921. The third kappa shape index (κ3) is 4.53. The molecule has 0 spiro atoms. The number of anilines is 1. The van der Waals surface area contributed by atoms with Crippen molar-refractivity contribution in [3.63, 3.8) is 0 Å². The van der Waals surface area contributed by atoms with Crippen molar-refractivity contribution < 1.29 is 9.13 Å². The number of rotatable bonds is 7. The molecule has 4 aromatic carbocycles. The van der Waals surface area contributed by atoms with E-state index in [2.05, 4.69) is 70.5 Å². The first kappa shape index (κ1) is 21.8. The molecule has 0 N–H and O–H groups in total. The van der Waals surface area contributed by atoms with Crippen LogP contribution in [0.2, 0.25) is 0 Å². The number of hydrogen-bond donors (Lipinski definition) is 0. The Morgan fingerprint density at radius 3 is 1.97 bits per heavy atom. The number of halogens is 1. The van der Waals surface area contributed by atoms with Crippen LogP contribution in [0.1, 0.15) is 16.7 Å². The van der Waals surface area contributed by atoms with Crippen LogP contribution in [0.5, 0.6) is 5.75 Å². The largest absolute Gasteiger partial charge is 0.497 e. The van der Waals surface area contributed by atoms with Crippen LogP contribution >= 0.6 is 0 Å². The zero-order valence-electron chi connectivity index (χ0n) is 19.2. The molecule has 170 valence electrons. The van der Waals surface area contributed by atoms with Gasteiger partial charge in [-0.1, -0.05) is 60.7 Å². The molecule has 0 aromatic heterocycles. The minimum absolute atomic E-state index is 0.230. The maximum Gasteiger partial charge on any atom is 0.123 e. The van der Waals surface area contributed by atoms with Crippen LogP contribution in [0.15, 0.2) is 109 Å². The van der Waals surface area contributed by atoms with Gasteiger partial charge < -0.3 is 14.5 Å². The number of methoxy groups -OCH3 is 1. The van der Waals surface area contributed by atoms with E-state index in [0.29, 0.717) is 6.67 Å². The highest BCUT2D eigenvalue weighted by molar-refractivity contribution is 5.99. The Kier molecular flexibility index (Phi) is 6.30. The zero-order valence-corrected chi connectivity index (χ0v) is 19.2. The Morgan fingerprint density at radius 1 is 0.706 bits per heavy atom. The van der Waals surface area contributed by atoms with Crippen LogP contribution in [0.4, 0.5) is 10.1 Å². The molecule has 0 saturated carbocycles. The standard InChI is InChI=1S/C30H27FN2O/c1-34-28-18-16-27(17-19-28)33-22-32(21-20-23-8-4-2-5-9-23)29(25-12-14-26(31)15-13-25)30(33)24-10-6-3-7-11-24/h2-19H,20-22H2,1H3/i22+1. The van der Waals surface area contributed by atoms with Crippen molar-refractivity contribution in [1.82, 2.24) is 4.90 Å². The molecule has 3 nitrogen and oxygen atoms in total. The fraction of sp³-hybridized carbons (Fsp3) is 0.133. The van der Waals surface area contributed by atoms with E-state index in [9.17, 15) is 4.39 Å². The Bertz CT molecular complexity index is 1250. The molecular weight excluding hydrogens is 424 g/mol. The third-order valence-electron chi connectivity index (χ3n) is 6.18. The first-order chi connectivity index (χ1) is 16.7. The van der Waals surface area contributed by atoms with E-state index in [4.69, 9.17) is 4.74 Å². The fourth-order valence-corrected chi connectivity index (χ4v) is 4.47. The Labute approximate surface area is 200 Å². The van der Waals surface area contributed by atoms with E-state index in [-0.39, 0.29) is 5.82 Å². The molecule has 1 aliphatic heterocycles. The van der Waals surface area contributed by atoms with E-state index in [0.717, 1.165) is 46.9 Å². The highest BCUT2D eigenvalue weighted by Gasteiger charge is 2.31. The first-order valence-electron chi connectivity index (χ1n) is 11.5. The molecule has 0 atom stereocenters. The van der Waals surface area contributed by atoms with Gasteiger partial charge in [-0.3, -0.25) is 0 Å². The topological polar surface area (TPSA) is 15.7 Å². The lowest BCUT2D eigenvalue weighted by Crippen LogP contribution is -2.29. The lowest BCUT2D eigenvalue weighted by Gasteiger charge is -2.25. The van der Waals surface area contributed by atoms with E-state index < -0.39 is 0 Å². The molecule has 0 unspecified atom stereocenters. The van der Waals surface area contributed by atoms with Crippen LogP contribution in [0, 0.1) is 5.82 Å². The van der Waals surface area contributed by atoms with Gasteiger partial charge >= 0.3 is 0 Å². The summed E-state index contributed by atoms with van der Waals surface area (Å²) in [4.78, 5) is 4.73. The Balaban J connectivity index is 1.62. The molecule has 4 heteroatoms. The summed E-state index contributed by atoms with van der Waals surface area (Å²) < 4.78 is 19.2. The summed E-state index contributed by atoms with van der Waals surface area (Å²) in [5, 5.41) is 0. The molecule has 5 rings (SSSR count). The highest BCUT2D eigenvalue weighted by atomic mass is 19.1. The Hall–Kier alpha value is -4.05. The average molecular weight is 452 g/mol. The summed E-state index contributed by atoms with van der Waals surface area (Å²) in [5.74, 6) is 0.597. The maximum atomic E-state index is 13.8. The molecule has 0 fully saturated rings. The monoisotopic (exact) mass is 451 g/mol. The fourth-order valence-electron chi connectivity index (χ4n) is 4.47. The van der Waals surface area contributed by atoms with Gasteiger partial charge in [0.2, 0.25) is 0 Å². The summed E-state index contributed by atoms with van der Waals surface area (Å²) in [7, 11) is 1.68. The smallest absolute Gasteiger partial charge is 0.123 e. The van der Waals surface area contributed by atoms with Crippen LogP contribution in [0.25, 0.3) is 11.4 Å². The van der Waals surface area contributed by atoms with Gasteiger partial charge in [0.25, 0.3) is 0 Å². The van der Waals surface area contributed by atoms with Gasteiger partial charge in [-0.25, -0.2) is 4.39 Å². The molecule has 1 aliphatic rings. The van der Waals surface area contributed by atoms with E-state index in [1.165, 1.54) is 17.7 Å². The van der Waals surface area contributed by atoms with Gasteiger partial charge in [0.05, 0.1) is 25.2 Å². The summed E-state index contributed by atoms with van der Waals surface area (Å²) >= 11 is 0. The quantitative estimate of drug-likeness (QED) is 0.291. The predicted molar refractivity (Wildman–Crippen MR) is 137 cm³/mol. The van der Waals surface area contributed by atoms with Gasteiger partial charge in [-0.15, -0.1) is 0 Å². The minimum atomic E-state index is -0.230. The van der Waals surface area contributed by atoms with Crippen molar-refractivity contribution in [2.75, 3.05) is 25.2 Å². The van der Waals surface area contributed by atoms with Gasteiger partial charge in [0, 0.05) is 23.4 Å². The lowest BCUT2D eigenvalue weighted by molar-refractivity contribution is 0.414. The molecule has 0 radical (unpaired) electrons. The van der Waals surface area contributed by atoms with E-state index in [1.54, 1.807) is 7.11 Å². The second kappa shape index (κ2) is 9.84. The highest BCUT2D eigenvalue weighted by Crippen LogP contribution is 2.41. The van der Waals surface area contributed by atoms with Crippen LogP contribution < -0.4 is 9.64 Å². The van der Waals surface area contributed by atoms with Crippen LogP contribution in [-0.2, 0) is 6.42 Å². The molecule has 34 heavy (non-hydrogen) atoms. The van der Waals surface area contributed by atoms with Crippen molar-refractivity contribution >= 4 is 17.1 Å². The predicted octanol–water partition coefficient (Wildman–Crippen LogP) is 6.68. The van der Waals surface area contributed by atoms with Crippen molar-refractivity contribution in [2.45, 2.75) is 6.42 Å². The van der Waals surface area contributed by atoms with Crippen molar-refractivity contribution in [3.8, 4) is 5.75 Å². The van der Waals surface area contributed by atoms with Crippen LogP contribution in [-0.4, -0.2) is 25.2 Å². The van der Waals surface area contributed by atoms with Gasteiger partial charge in [0.1, 0.15) is 11.6 Å². The maximum absolute atomic E-state index is 13.8. The summed E-state index contributed by atoms with van der Waals surface area (Å²) in [6, 6.07) is 35.9. The Morgan fingerprint density at radius 2 is 1.32 bits per heavy atom. The molecule has 0 saturated heterocycles. The van der Waals surface area contributed by atoms with Crippen molar-refractivity contribution in [1.29, 1.82) is 0 Å². The van der Waals surface area contributed by atoms with Crippen molar-refractivity contribution in [2.24, 2.45) is 0 Å². The second-order valence-corrected chi connectivity index (χ2v) is 8.34. The zero-order chi connectivity index (χ0) is 23.3.